The first-order chi connectivity index (χ1) is 21.5. The average Bonchev–Trinajstić information content (AvgIpc) is 3.42. The lowest BCUT2D eigenvalue weighted by Gasteiger charge is -2.15. The Morgan fingerprint density at radius 1 is 0.911 bits per heavy atom. The van der Waals surface area contributed by atoms with E-state index in [-0.39, 0.29) is 24.3 Å². The number of carboxylic acid groups (broad SMARTS) is 1. The van der Waals surface area contributed by atoms with E-state index in [4.69, 9.17) is 19.7 Å². The number of fused-ring (bicyclic) bond motifs is 1. The fraction of sp³-hybridized carbons (Fsp3) is 0.206. The van der Waals surface area contributed by atoms with Gasteiger partial charge < -0.3 is 19.9 Å². The summed E-state index contributed by atoms with van der Waals surface area (Å²) in [5.41, 5.74) is 3.33. The van der Waals surface area contributed by atoms with Gasteiger partial charge in [0.1, 0.15) is 17.2 Å². The number of nitrogens with zero attached hydrogens (tertiary/aromatic N) is 2. The van der Waals surface area contributed by atoms with Gasteiger partial charge in [-0.2, -0.15) is 18.3 Å². The molecule has 1 amide bonds. The standard InChI is InChI=1S/C34H30F3N3O5/c1-20(21-4-6-23(7-5-21)33(43)38-17-16-31(41)42)40-29-18-24(22-8-12-26(44-2)13-9-22)10-14-27(29)32(39-40)28-19-25(34(35,36)37)11-15-30(28)45-3/h4-15,18-20H,16-17H2,1-3H3,(H,38,43)(H,41,42)/t20-/m0/s1. The van der Waals surface area contributed by atoms with E-state index in [2.05, 4.69) is 5.32 Å². The van der Waals surface area contributed by atoms with Crippen molar-refractivity contribution in [2.24, 2.45) is 0 Å². The second kappa shape index (κ2) is 12.7. The third-order valence-electron chi connectivity index (χ3n) is 7.56. The molecule has 1 heterocycles. The quantitative estimate of drug-likeness (QED) is 0.172. The molecule has 0 radical (unpaired) electrons. The van der Waals surface area contributed by atoms with E-state index in [1.165, 1.54) is 13.2 Å². The topological polar surface area (TPSA) is 103 Å². The molecule has 0 saturated carbocycles. The molecule has 0 aliphatic heterocycles. The SMILES string of the molecule is COc1ccc(-c2ccc3c(-c4cc(C(F)(F)F)ccc4OC)nn([C@@H](C)c4ccc(C(=O)NCCC(=O)O)cc4)c3c2)cc1. The highest BCUT2D eigenvalue weighted by Crippen LogP contribution is 2.41. The number of aliphatic carboxylic acids is 1. The molecular weight excluding hydrogens is 587 g/mol. The lowest BCUT2D eigenvalue weighted by Crippen LogP contribution is -2.26. The Kier molecular flexibility index (Phi) is 8.80. The van der Waals surface area contributed by atoms with Crippen LogP contribution in [0.15, 0.2) is 84.9 Å². The first-order valence-electron chi connectivity index (χ1n) is 14.0. The van der Waals surface area contributed by atoms with Gasteiger partial charge in [-0.1, -0.05) is 30.3 Å². The van der Waals surface area contributed by atoms with Gasteiger partial charge in [0.05, 0.1) is 37.8 Å². The number of hydrogen-bond acceptors (Lipinski definition) is 5. The number of halogens is 3. The lowest BCUT2D eigenvalue weighted by molar-refractivity contribution is -0.138. The van der Waals surface area contributed by atoms with Gasteiger partial charge in [-0.15, -0.1) is 0 Å². The van der Waals surface area contributed by atoms with Crippen molar-refractivity contribution in [2.75, 3.05) is 20.8 Å². The average molecular weight is 618 g/mol. The number of methoxy groups -OCH3 is 2. The molecule has 0 spiro atoms. The predicted molar refractivity (Wildman–Crippen MR) is 164 cm³/mol. The minimum absolute atomic E-state index is 0.00387. The van der Waals surface area contributed by atoms with Crippen LogP contribution in [0.1, 0.15) is 40.9 Å². The van der Waals surface area contributed by atoms with Crippen molar-refractivity contribution in [3.05, 3.63) is 102 Å². The van der Waals surface area contributed by atoms with E-state index in [1.54, 1.807) is 36.1 Å². The Morgan fingerprint density at radius 2 is 1.60 bits per heavy atom. The van der Waals surface area contributed by atoms with Gasteiger partial charge in [0.15, 0.2) is 0 Å². The fourth-order valence-electron chi connectivity index (χ4n) is 5.10. The van der Waals surface area contributed by atoms with Crippen LogP contribution in [0.5, 0.6) is 11.5 Å². The number of amides is 1. The summed E-state index contributed by atoms with van der Waals surface area (Å²) in [6, 6.07) is 22.9. The van der Waals surface area contributed by atoms with Crippen LogP contribution in [0.4, 0.5) is 13.2 Å². The van der Waals surface area contributed by atoms with Crippen LogP contribution in [0.2, 0.25) is 0 Å². The lowest BCUT2D eigenvalue weighted by atomic mass is 10.00. The zero-order chi connectivity index (χ0) is 32.3. The minimum atomic E-state index is -4.56. The number of rotatable bonds is 10. The number of carboxylic acids is 1. The largest absolute Gasteiger partial charge is 0.497 e. The van der Waals surface area contributed by atoms with Crippen molar-refractivity contribution in [3.63, 3.8) is 0 Å². The van der Waals surface area contributed by atoms with E-state index in [9.17, 15) is 22.8 Å². The molecule has 11 heteroatoms. The summed E-state index contributed by atoms with van der Waals surface area (Å²) < 4.78 is 53.7. The number of hydrogen-bond donors (Lipinski definition) is 2. The maximum atomic E-state index is 13.7. The van der Waals surface area contributed by atoms with Crippen molar-refractivity contribution in [1.82, 2.24) is 15.1 Å². The zero-order valence-corrected chi connectivity index (χ0v) is 24.7. The summed E-state index contributed by atoms with van der Waals surface area (Å²) in [6.07, 6.45) is -4.75. The van der Waals surface area contributed by atoms with Crippen LogP contribution >= 0.6 is 0 Å². The Labute approximate surface area is 257 Å². The molecule has 1 aromatic heterocycles. The second-order valence-electron chi connectivity index (χ2n) is 10.4. The number of nitrogens with one attached hydrogen (secondary N) is 1. The van der Waals surface area contributed by atoms with Gasteiger partial charge in [-0.25, -0.2) is 0 Å². The first-order valence-corrected chi connectivity index (χ1v) is 14.0. The van der Waals surface area contributed by atoms with E-state index in [0.29, 0.717) is 27.9 Å². The maximum Gasteiger partial charge on any atom is 0.416 e. The Balaban J connectivity index is 1.61. The van der Waals surface area contributed by atoms with Crippen LogP contribution in [-0.4, -0.2) is 47.5 Å². The molecular formula is C34H30F3N3O5. The van der Waals surface area contributed by atoms with Crippen molar-refractivity contribution < 1.29 is 37.3 Å². The third kappa shape index (κ3) is 6.62. The summed E-state index contributed by atoms with van der Waals surface area (Å²) in [4.78, 5) is 23.2. The number of carbonyl (C=O) groups is 2. The minimum Gasteiger partial charge on any atom is -0.497 e. The van der Waals surface area contributed by atoms with Gasteiger partial charge >= 0.3 is 12.1 Å². The van der Waals surface area contributed by atoms with Crippen LogP contribution in [0, 0.1) is 0 Å². The molecule has 0 bridgehead atoms. The summed E-state index contributed by atoms with van der Waals surface area (Å²) in [5, 5.41) is 16.9. The smallest absolute Gasteiger partial charge is 0.416 e. The van der Waals surface area contributed by atoms with Crippen LogP contribution < -0.4 is 14.8 Å². The molecule has 0 fully saturated rings. The molecule has 0 saturated heterocycles. The highest BCUT2D eigenvalue weighted by Gasteiger charge is 2.32. The summed E-state index contributed by atoms with van der Waals surface area (Å²) >= 11 is 0. The number of benzene rings is 4. The number of alkyl halides is 3. The second-order valence-corrected chi connectivity index (χ2v) is 10.4. The number of aromatic nitrogens is 2. The zero-order valence-electron chi connectivity index (χ0n) is 24.7. The van der Waals surface area contributed by atoms with Gasteiger partial charge in [0.2, 0.25) is 0 Å². The fourth-order valence-corrected chi connectivity index (χ4v) is 5.10. The molecule has 5 rings (SSSR count). The summed E-state index contributed by atoms with van der Waals surface area (Å²) in [5.74, 6) is -0.456. The summed E-state index contributed by atoms with van der Waals surface area (Å²) in [6.45, 7) is 1.91. The molecule has 0 aliphatic rings. The predicted octanol–water partition coefficient (Wildman–Crippen LogP) is 7.22. The molecule has 232 valence electrons. The van der Waals surface area contributed by atoms with E-state index in [0.717, 1.165) is 28.8 Å². The Morgan fingerprint density at radius 3 is 2.22 bits per heavy atom. The van der Waals surface area contributed by atoms with Crippen LogP contribution in [0.25, 0.3) is 33.3 Å². The normalized spacial score (nSPS) is 12.1. The Bertz CT molecular complexity index is 1850. The van der Waals surface area contributed by atoms with Gasteiger partial charge in [-0.3, -0.25) is 14.3 Å². The Hall–Kier alpha value is -5.32. The molecule has 0 aliphatic carbocycles. The molecule has 45 heavy (non-hydrogen) atoms. The van der Waals surface area contributed by atoms with Crippen LogP contribution in [0.3, 0.4) is 0 Å². The van der Waals surface area contributed by atoms with Crippen molar-refractivity contribution in [2.45, 2.75) is 25.6 Å². The summed E-state index contributed by atoms with van der Waals surface area (Å²) in [7, 11) is 2.98. The molecule has 4 aromatic carbocycles. The molecule has 0 unspecified atom stereocenters. The van der Waals surface area contributed by atoms with Crippen molar-refractivity contribution in [1.29, 1.82) is 0 Å². The molecule has 2 N–H and O–H groups in total. The van der Waals surface area contributed by atoms with Crippen LogP contribution in [-0.2, 0) is 11.0 Å². The molecule has 5 aromatic rings. The van der Waals surface area contributed by atoms with Gasteiger partial charge in [-0.05, 0) is 78.2 Å². The third-order valence-corrected chi connectivity index (χ3v) is 7.56. The highest BCUT2D eigenvalue weighted by molar-refractivity contribution is 5.97. The molecule has 1 atom stereocenters. The van der Waals surface area contributed by atoms with E-state index >= 15 is 0 Å². The molecule has 8 nitrogen and oxygen atoms in total. The number of ether oxygens (including phenoxy) is 2. The van der Waals surface area contributed by atoms with Gasteiger partial charge in [0.25, 0.3) is 5.91 Å². The van der Waals surface area contributed by atoms with E-state index < -0.39 is 29.7 Å². The van der Waals surface area contributed by atoms with Gasteiger partial charge in [0, 0.05) is 23.1 Å². The first kappa shape index (κ1) is 31.1. The maximum absolute atomic E-state index is 13.7. The number of carbonyl (C=O) groups excluding carboxylic acids is 1. The highest BCUT2D eigenvalue weighted by atomic mass is 19.4. The monoisotopic (exact) mass is 617 g/mol. The van der Waals surface area contributed by atoms with Crippen molar-refractivity contribution >= 4 is 22.8 Å². The van der Waals surface area contributed by atoms with E-state index in [1.807, 2.05) is 49.4 Å². The van der Waals surface area contributed by atoms with Crippen molar-refractivity contribution in [3.8, 4) is 33.9 Å².